The molecule has 2 aliphatic rings. The lowest BCUT2D eigenvalue weighted by Crippen LogP contribution is -2.50. The molecule has 2 aliphatic carbocycles. The Morgan fingerprint density at radius 1 is 0.875 bits per heavy atom. The molecule has 56 heavy (non-hydrogen) atoms. The highest BCUT2D eigenvalue weighted by atomic mass is 16.3. The molecular formula is C44H63N5O7. The van der Waals surface area contributed by atoms with Gasteiger partial charge in [0.2, 0.25) is 11.8 Å². The van der Waals surface area contributed by atoms with Crippen molar-refractivity contribution in [2.45, 2.75) is 135 Å². The van der Waals surface area contributed by atoms with Gasteiger partial charge < -0.3 is 20.6 Å². The second-order valence-electron chi connectivity index (χ2n) is 17.2. The summed E-state index contributed by atoms with van der Waals surface area (Å²) in [5, 5.41) is 17.5. The van der Waals surface area contributed by atoms with Crippen molar-refractivity contribution < 1.29 is 33.9 Å². The number of nitrogens with zero attached hydrogens (tertiary/aromatic N) is 3. The van der Waals surface area contributed by atoms with Crippen molar-refractivity contribution in [2.75, 3.05) is 14.1 Å². The number of amides is 3. The first kappa shape index (κ1) is 44.4. The Bertz CT molecular complexity index is 1640. The quantitative estimate of drug-likeness (QED) is 0.163. The van der Waals surface area contributed by atoms with Crippen molar-refractivity contribution in [2.24, 2.45) is 29.1 Å². The van der Waals surface area contributed by atoms with Gasteiger partial charge in [0.15, 0.2) is 11.6 Å². The van der Waals surface area contributed by atoms with Crippen LogP contribution in [-0.4, -0.2) is 87.3 Å². The van der Waals surface area contributed by atoms with Gasteiger partial charge in [0.1, 0.15) is 17.6 Å². The zero-order valence-corrected chi connectivity index (χ0v) is 34.2. The second-order valence-corrected chi connectivity index (χ2v) is 17.2. The average Bonchev–Trinajstić information content (AvgIpc) is 3.65. The lowest BCUT2D eigenvalue weighted by atomic mass is 9.74. The van der Waals surface area contributed by atoms with Gasteiger partial charge in [-0.25, -0.2) is 4.98 Å². The minimum absolute atomic E-state index is 0.0227. The molecule has 306 valence electrons. The van der Waals surface area contributed by atoms with Crippen LogP contribution in [-0.2, 0) is 24.0 Å². The van der Waals surface area contributed by atoms with Gasteiger partial charge in [-0.15, -0.1) is 0 Å². The standard InChI is InChI=1S/C44H63N5O7/c1-7-15-30(40(53)38(52)25-32(43(56)49(5)6)28-16-10-8-11-17-28)24-36(50)31-20-14-21-34(31)47-41(54)33(44(2,3)4)26-37(51)39(29-18-12-9-13-19-29)48-42(55)35-27-45-22-23-46-35/h8,10-11,16-17,22-23,27,29-34,39-40,53H,7,9,12-15,18-21,24-26H2,1-6H3,(H,47,54)(H,48,55)/t30-,31-,32-,33-,34+,39+,40?/m1/s1. The molecule has 1 heterocycles. The van der Waals surface area contributed by atoms with Crippen LogP contribution in [0.3, 0.4) is 0 Å². The van der Waals surface area contributed by atoms with Gasteiger partial charge in [-0.2, -0.15) is 0 Å². The van der Waals surface area contributed by atoms with Crippen LogP contribution in [0.2, 0.25) is 0 Å². The molecule has 0 radical (unpaired) electrons. The second kappa shape index (κ2) is 20.7. The Morgan fingerprint density at radius 3 is 2.18 bits per heavy atom. The van der Waals surface area contributed by atoms with Gasteiger partial charge in [0, 0.05) is 63.6 Å². The minimum Gasteiger partial charge on any atom is -0.385 e. The number of aliphatic hydroxyl groups excluding tert-OH is 1. The smallest absolute Gasteiger partial charge is 0.272 e. The Kier molecular flexibility index (Phi) is 16.4. The van der Waals surface area contributed by atoms with E-state index < -0.39 is 59.0 Å². The monoisotopic (exact) mass is 773 g/mol. The van der Waals surface area contributed by atoms with Crippen LogP contribution < -0.4 is 10.6 Å². The summed E-state index contributed by atoms with van der Waals surface area (Å²) < 4.78 is 0. The SMILES string of the molecule is CCC[C@H](CC(=O)[C@@H]1CCC[C@@H]1NC(=O)[C@@H](CC(=O)[C@@H](NC(=O)c1cnccn1)C1CCCCC1)C(C)(C)C)C(O)C(=O)C[C@@H](C(=O)N(C)C)c1ccccc1. The fraction of sp³-hybridized carbons (Fsp3) is 0.636. The number of ketones is 3. The molecule has 0 saturated heterocycles. The molecule has 2 aromatic rings. The number of hydrogen-bond donors (Lipinski definition) is 3. The molecule has 0 bridgehead atoms. The number of benzene rings is 1. The molecular weight excluding hydrogens is 711 g/mol. The average molecular weight is 774 g/mol. The topological polar surface area (TPSA) is 176 Å². The molecule has 2 fully saturated rings. The van der Waals surface area contributed by atoms with E-state index >= 15 is 0 Å². The van der Waals surface area contributed by atoms with Gasteiger partial charge in [0.25, 0.3) is 5.91 Å². The van der Waals surface area contributed by atoms with E-state index in [1.807, 2.05) is 33.8 Å². The fourth-order valence-corrected chi connectivity index (χ4v) is 8.56. The molecule has 2 saturated carbocycles. The first-order valence-corrected chi connectivity index (χ1v) is 20.5. The third kappa shape index (κ3) is 12.1. The molecule has 0 aliphatic heterocycles. The van der Waals surface area contributed by atoms with Crippen molar-refractivity contribution in [3.63, 3.8) is 0 Å². The van der Waals surface area contributed by atoms with Crippen LogP contribution in [0.25, 0.3) is 0 Å². The Labute approximate surface area is 332 Å². The zero-order chi connectivity index (χ0) is 41.0. The highest BCUT2D eigenvalue weighted by Gasteiger charge is 2.42. The fourth-order valence-electron chi connectivity index (χ4n) is 8.56. The predicted octanol–water partition coefficient (Wildman–Crippen LogP) is 5.63. The van der Waals surface area contributed by atoms with E-state index in [1.54, 1.807) is 38.4 Å². The molecule has 12 heteroatoms. The van der Waals surface area contributed by atoms with Gasteiger partial charge in [-0.3, -0.25) is 33.8 Å². The molecule has 3 amide bonds. The van der Waals surface area contributed by atoms with E-state index in [2.05, 4.69) is 20.6 Å². The van der Waals surface area contributed by atoms with Crippen LogP contribution in [0, 0.1) is 29.1 Å². The van der Waals surface area contributed by atoms with Crippen molar-refractivity contribution in [1.29, 1.82) is 0 Å². The van der Waals surface area contributed by atoms with E-state index in [4.69, 9.17) is 0 Å². The molecule has 12 nitrogen and oxygen atoms in total. The van der Waals surface area contributed by atoms with Gasteiger partial charge in [-0.05, 0) is 54.9 Å². The molecule has 0 spiro atoms. The molecule has 3 N–H and O–H groups in total. The Balaban J connectivity index is 1.44. The number of carbonyl (C=O) groups excluding carboxylic acids is 6. The number of aliphatic hydroxyl groups is 1. The molecule has 7 atom stereocenters. The lowest BCUT2D eigenvalue weighted by Gasteiger charge is -2.34. The molecule has 4 rings (SSSR count). The van der Waals surface area contributed by atoms with Crippen LogP contribution in [0.5, 0.6) is 0 Å². The summed E-state index contributed by atoms with van der Waals surface area (Å²) in [7, 11) is 3.26. The highest BCUT2D eigenvalue weighted by molar-refractivity contribution is 5.98. The maximum atomic E-state index is 14.1. The Hall–Kier alpha value is -4.32. The first-order valence-electron chi connectivity index (χ1n) is 20.5. The number of carbonyl (C=O) groups is 6. The molecule has 1 aromatic carbocycles. The summed E-state index contributed by atoms with van der Waals surface area (Å²) in [6.07, 6.45) is 10.2. The van der Waals surface area contributed by atoms with Crippen LogP contribution in [0.4, 0.5) is 0 Å². The number of rotatable bonds is 19. The summed E-state index contributed by atoms with van der Waals surface area (Å²) in [6, 6.07) is 7.82. The van der Waals surface area contributed by atoms with E-state index in [0.717, 1.165) is 38.5 Å². The van der Waals surface area contributed by atoms with Gasteiger partial charge in [-0.1, -0.05) is 90.1 Å². The van der Waals surface area contributed by atoms with E-state index in [9.17, 15) is 33.9 Å². The summed E-state index contributed by atoms with van der Waals surface area (Å²) in [5.74, 6) is -4.47. The maximum absolute atomic E-state index is 14.1. The van der Waals surface area contributed by atoms with Crippen molar-refractivity contribution >= 4 is 35.1 Å². The highest BCUT2D eigenvalue weighted by Crippen LogP contribution is 2.35. The number of Topliss-reactive ketones (excluding diaryl/α,β-unsaturated/α-hetero) is 3. The number of hydrogen-bond acceptors (Lipinski definition) is 9. The van der Waals surface area contributed by atoms with Crippen molar-refractivity contribution in [3.8, 4) is 0 Å². The lowest BCUT2D eigenvalue weighted by molar-refractivity contribution is -0.137. The van der Waals surface area contributed by atoms with Gasteiger partial charge >= 0.3 is 0 Å². The van der Waals surface area contributed by atoms with Gasteiger partial charge in [0.05, 0.1) is 18.2 Å². The zero-order valence-electron chi connectivity index (χ0n) is 34.2. The largest absolute Gasteiger partial charge is 0.385 e. The molecule has 1 unspecified atom stereocenters. The summed E-state index contributed by atoms with van der Waals surface area (Å²) in [5.41, 5.74) is 0.203. The minimum atomic E-state index is -1.42. The van der Waals surface area contributed by atoms with Crippen LogP contribution in [0.1, 0.15) is 133 Å². The third-order valence-electron chi connectivity index (χ3n) is 11.8. The molecule has 1 aromatic heterocycles. The summed E-state index contributed by atoms with van der Waals surface area (Å²) >= 11 is 0. The third-order valence-corrected chi connectivity index (χ3v) is 11.8. The summed E-state index contributed by atoms with van der Waals surface area (Å²) in [6.45, 7) is 7.68. The normalized spacial score (nSPS) is 20.2. The van der Waals surface area contributed by atoms with E-state index in [0.29, 0.717) is 31.2 Å². The summed E-state index contributed by atoms with van der Waals surface area (Å²) in [4.78, 5) is 91.7. The maximum Gasteiger partial charge on any atom is 0.272 e. The van der Waals surface area contributed by atoms with E-state index in [-0.39, 0.29) is 54.3 Å². The number of likely N-dealkylation sites (N-methyl/N-ethyl adjacent to an activating group) is 1. The van der Waals surface area contributed by atoms with Crippen molar-refractivity contribution in [3.05, 3.63) is 60.2 Å². The predicted molar refractivity (Wildman–Crippen MR) is 213 cm³/mol. The van der Waals surface area contributed by atoms with E-state index in [1.165, 1.54) is 23.5 Å². The van der Waals surface area contributed by atoms with Crippen molar-refractivity contribution in [1.82, 2.24) is 25.5 Å². The number of nitrogens with one attached hydrogen (secondary N) is 2. The first-order chi connectivity index (χ1) is 26.6. The van der Waals surface area contributed by atoms with Crippen LogP contribution >= 0.6 is 0 Å². The Morgan fingerprint density at radius 2 is 1.57 bits per heavy atom. The number of aromatic nitrogens is 2. The van der Waals surface area contributed by atoms with Crippen LogP contribution in [0.15, 0.2) is 48.9 Å².